The molecule has 0 aliphatic carbocycles. The van der Waals surface area contributed by atoms with Crippen molar-refractivity contribution in [2.75, 3.05) is 17.9 Å². The summed E-state index contributed by atoms with van der Waals surface area (Å²) in [6.07, 6.45) is 0.805. The van der Waals surface area contributed by atoms with E-state index in [-0.39, 0.29) is 4.90 Å². The predicted octanol–water partition coefficient (Wildman–Crippen LogP) is 2.65. The van der Waals surface area contributed by atoms with Gasteiger partial charge in [-0.25, -0.2) is 8.42 Å². The molecule has 1 heterocycles. The second-order valence-electron chi connectivity index (χ2n) is 4.63. The molecule has 21 heavy (non-hydrogen) atoms. The molecule has 1 aliphatic heterocycles. The molecule has 1 aliphatic rings. The summed E-state index contributed by atoms with van der Waals surface area (Å²) < 4.78 is 38.1. The summed E-state index contributed by atoms with van der Waals surface area (Å²) in [5.41, 5.74) is 0.447. The van der Waals surface area contributed by atoms with E-state index >= 15 is 0 Å². The van der Waals surface area contributed by atoms with Crippen LogP contribution < -0.4 is 14.2 Å². The number of ether oxygens (including phenoxy) is 2. The lowest BCUT2D eigenvalue weighted by Crippen LogP contribution is -2.12. The summed E-state index contributed by atoms with van der Waals surface area (Å²) in [4.78, 5) is 0.220. The Balaban J connectivity index is 1.87. The molecule has 1 N–H and O–H groups in total. The van der Waals surface area contributed by atoms with Gasteiger partial charge in [0.15, 0.2) is 11.5 Å². The highest BCUT2D eigenvalue weighted by Gasteiger charge is 2.16. The minimum atomic E-state index is -3.60. The lowest BCUT2D eigenvalue weighted by Gasteiger charge is -2.11. The zero-order chi connectivity index (χ0) is 14.7. The van der Waals surface area contributed by atoms with Crippen molar-refractivity contribution < 1.29 is 17.9 Å². The van der Waals surface area contributed by atoms with Gasteiger partial charge in [0.1, 0.15) is 0 Å². The molecule has 0 aromatic heterocycles. The highest BCUT2D eigenvalue weighted by Crippen LogP contribution is 2.32. The van der Waals surface area contributed by atoms with Crippen molar-refractivity contribution >= 4 is 15.7 Å². The summed E-state index contributed by atoms with van der Waals surface area (Å²) in [7, 11) is -3.60. The summed E-state index contributed by atoms with van der Waals surface area (Å²) in [5, 5.41) is 0. The van der Waals surface area contributed by atoms with Crippen LogP contribution in [0.3, 0.4) is 0 Å². The Morgan fingerprint density at radius 1 is 0.905 bits per heavy atom. The van der Waals surface area contributed by atoms with Gasteiger partial charge >= 0.3 is 0 Å². The van der Waals surface area contributed by atoms with Crippen molar-refractivity contribution in [3.8, 4) is 11.5 Å². The normalized spacial score (nSPS) is 14.3. The Hall–Kier alpha value is -2.21. The molecule has 0 unspecified atom stereocenters. The van der Waals surface area contributed by atoms with Crippen molar-refractivity contribution in [3.63, 3.8) is 0 Å². The van der Waals surface area contributed by atoms with Gasteiger partial charge in [-0.2, -0.15) is 0 Å². The van der Waals surface area contributed by atoms with E-state index in [4.69, 9.17) is 9.47 Å². The molecule has 0 radical (unpaired) electrons. The molecule has 0 saturated heterocycles. The molecule has 0 saturated carbocycles. The van der Waals surface area contributed by atoms with Gasteiger partial charge in [-0.05, 0) is 24.3 Å². The van der Waals surface area contributed by atoms with Gasteiger partial charge in [-0.3, -0.25) is 4.72 Å². The third-order valence-electron chi connectivity index (χ3n) is 3.05. The second-order valence-corrected chi connectivity index (χ2v) is 6.31. The largest absolute Gasteiger partial charge is 0.490 e. The van der Waals surface area contributed by atoms with Crippen LogP contribution in [-0.2, 0) is 10.0 Å². The first-order chi connectivity index (χ1) is 10.1. The van der Waals surface area contributed by atoms with E-state index in [9.17, 15) is 8.42 Å². The van der Waals surface area contributed by atoms with Crippen molar-refractivity contribution in [1.29, 1.82) is 0 Å². The fourth-order valence-corrected chi connectivity index (χ4v) is 3.11. The molecule has 6 heteroatoms. The number of benzene rings is 2. The average Bonchev–Trinajstić information content (AvgIpc) is 2.72. The van der Waals surface area contributed by atoms with Crippen molar-refractivity contribution in [3.05, 3.63) is 48.5 Å². The van der Waals surface area contributed by atoms with Gasteiger partial charge in [0.05, 0.1) is 23.8 Å². The molecule has 2 aromatic rings. The number of hydrogen-bond acceptors (Lipinski definition) is 4. The molecular weight excluding hydrogens is 290 g/mol. The predicted molar refractivity (Wildman–Crippen MR) is 79.3 cm³/mol. The first-order valence-corrected chi connectivity index (χ1v) is 8.11. The number of anilines is 1. The molecule has 0 bridgehead atoms. The summed E-state index contributed by atoms with van der Waals surface area (Å²) >= 11 is 0. The summed E-state index contributed by atoms with van der Waals surface area (Å²) in [6.45, 7) is 1.16. The molecule has 0 fully saturated rings. The van der Waals surface area contributed by atoms with E-state index in [1.54, 1.807) is 48.5 Å². The van der Waals surface area contributed by atoms with Gasteiger partial charge in [-0.1, -0.05) is 18.2 Å². The van der Waals surface area contributed by atoms with E-state index in [1.165, 1.54) is 0 Å². The topological polar surface area (TPSA) is 64.6 Å². The van der Waals surface area contributed by atoms with Crippen LogP contribution in [0.5, 0.6) is 11.5 Å². The van der Waals surface area contributed by atoms with Gasteiger partial charge in [0.25, 0.3) is 10.0 Å². The molecule has 5 nitrogen and oxygen atoms in total. The molecule has 3 rings (SSSR count). The number of fused-ring (bicyclic) bond motifs is 1. The third-order valence-corrected chi connectivity index (χ3v) is 4.45. The minimum Gasteiger partial charge on any atom is -0.490 e. The fraction of sp³-hybridized carbons (Fsp3) is 0.200. The van der Waals surface area contributed by atoms with Crippen LogP contribution in [0.1, 0.15) is 6.42 Å². The van der Waals surface area contributed by atoms with Crippen LogP contribution in [0.2, 0.25) is 0 Å². The number of hydrogen-bond donors (Lipinski definition) is 1. The van der Waals surface area contributed by atoms with Crippen molar-refractivity contribution in [2.24, 2.45) is 0 Å². The first-order valence-electron chi connectivity index (χ1n) is 6.63. The standard InChI is InChI=1S/C15H15NO4S/c17-21(18,13-5-2-1-3-6-13)16-12-7-8-14-15(11-12)20-10-4-9-19-14/h1-3,5-8,11,16H,4,9-10H2. The van der Waals surface area contributed by atoms with E-state index in [0.717, 1.165) is 6.42 Å². The van der Waals surface area contributed by atoms with Crippen LogP contribution >= 0.6 is 0 Å². The van der Waals surface area contributed by atoms with E-state index in [1.807, 2.05) is 0 Å². The lowest BCUT2D eigenvalue weighted by atomic mass is 10.3. The van der Waals surface area contributed by atoms with Crippen molar-refractivity contribution in [2.45, 2.75) is 11.3 Å². The Labute approximate surface area is 123 Å². The SMILES string of the molecule is O=S(=O)(Nc1ccc2c(c1)OCCCO2)c1ccccc1. The zero-order valence-corrected chi connectivity index (χ0v) is 12.1. The van der Waals surface area contributed by atoms with Crippen LogP contribution in [-0.4, -0.2) is 21.6 Å². The maximum Gasteiger partial charge on any atom is 0.261 e. The number of rotatable bonds is 3. The third kappa shape index (κ3) is 3.11. The van der Waals surface area contributed by atoms with E-state index < -0.39 is 10.0 Å². The Kier molecular flexibility index (Phi) is 3.70. The van der Waals surface area contributed by atoms with Crippen LogP contribution in [0.15, 0.2) is 53.4 Å². The molecule has 0 atom stereocenters. The van der Waals surface area contributed by atoms with Gasteiger partial charge in [0.2, 0.25) is 0 Å². The average molecular weight is 305 g/mol. The molecule has 0 spiro atoms. The fourth-order valence-electron chi connectivity index (χ4n) is 2.04. The molecular formula is C15H15NO4S. The Morgan fingerprint density at radius 2 is 1.62 bits per heavy atom. The van der Waals surface area contributed by atoms with Crippen LogP contribution in [0, 0.1) is 0 Å². The lowest BCUT2D eigenvalue weighted by molar-refractivity contribution is 0.297. The van der Waals surface area contributed by atoms with Crippen LogP contribution in [0.25, 0.3) is 0 Å². The van der Waals surface area contributed by atoms with Crippen molar-refractivity contribution in [1.82, 2.24) is 0 Å². The van der Waals surface area contributed by atoms with Crippen LogP contribution in [0.4, 0.5) is 5.69 Å². The minimum absolute atomic E-state index is 0.220. The summed E-state index contributed by atoms with van der Waals surface area (Å²) in [6, 6.07) is 13.2. The monoisotopic (exact) mass is 305 g/mol. The van der Waals surface area contributed by atoms with Gasteiger partial charge < -0.3 is 9.47 Å². The Morgan fingerprint density at radius 3 is 2.38 bits per heavy atom. The Bertz CT molecular complexity index is 729. The second kappa shape index (κ2) is 5.65. The molecule has 2 aromatic carbocycles. The van der Waals surface area contributed by atoms with Gasteiger partial charge in [0, 0.05) is 12.5 Å². The first kappa shape index (κ1) is 13.8. The smallest absolute Gasteiger partial charge is 0.261 e. The van der Waals surface area contributed by atoms with E-state index in [2.05, 4.69) is 4.72 Å². The highest BCUT2D eigenvalue weighted by atomic mass is 32.2. The maximum atomic E-state index is 12.3. The molecule has 0 amide bonds. The zero-order valence-electron chi connectivity index (χ0n) is 11.3. The summed E-state index contributed by atoms with van der Waals surface area (Å²) in [5.74, 6) is 1.19. The quantitative estimate of drug-likeness (QED) is 0.947. The van der Waals surface area contributed by atoms with Gasteiger partial charge in [-0.15, -0.1) is 0 Å². The number of nitrogens with one attached hydrogen (secondary N) is 1. The van der Waals surface area contributed by atoms with E-state index in [0.29, 0.717) is 30.4 Å². The number of sulfonamides is 1. The highest BCUT2D eigenvalue weighted by molar-refractivity contribution is 7.92. The maximum absolute atomic E-state index is 12.3. The molecule has 110 valence electrons.